The molecule has 0 aliphatic heterocycles. The number of hydrogen-bond donors (Lipinski definition) is 1. The van der Waals surface area contributed by atoms with Crippen LogP contribution in [0.5, 0.6) is 5.75 Å². The van der Waals surface area contributed by atoms with Gasteiger partial charge in [0.25, 0.3) is 0 Å². The van der Waals surface area contributed by atoms with Crippen LogP contribution in [-0.2, 0) is 6.61 Å². The van der Waals surface area contributed by atoms with Gasteiger partial charge in [-0.15, -0.1) is 0 Å². The predicted molar refractivity (Wildman–Crippen MR) is 113 cm³/mol. The molecule has 4 rings (SSSR count). The Morgan fingerprint density at radius 1 is 0.750 bits per heavy atom. The molecule has 0 saturated carbocycles. The van der Waals surface area contributed by atoms with E-state index in [0.717, 1.165) is 34.1 Å². The first-order valence-corrected chi connectivity index (χ1v) is 9.41. The van der Waals surface area contributed by atoms with Crippen molar-refractivity contribution in [2.75, 3.05) is 5.32 Å². The van der Waals surface area contributed by atoms with Crippen LogP contribution in [0, 0.1) is 6.92 Å². The average Bonchev–Trinajstić information content (AvgIpc) is 2.75. The topological polar surface area (TPSA) is 25.1 Å². The van der Waals surface area contributed by atoms with E-state index < -0.39 is 0 Å². The smallest absolute Gasteiger partial charge is 0.228 e. The Morgan fingerprint density at radius 2 is 1.36 bits per heavy atom. The molecule has 3 aromatic carbocycles. The first kappa shape index (κ1) is 17.8. The Bertz CT molecular complexity index is 1030. The zero-order valence-electron chi connectivity index (χ0n) is 15.9. The summed E-state index contributed by atoms with van der Waals surface area (Å²) < 4.78 is 8.45. The largest absolute Gasteiger partial charge is 0.481 e. The van der Waals surface area contributed by atoms with Crippen molar-refractivity contribution in [3.8, 4) is 11.4 Å². The number of hydrogen-bond acceptors (Lipinski definition) is 2. The minimum Gasteiger partial charge on any atom is -0.481 e. The zero-order chi connectivity index (χ0) is 19.2. The molecule has 138 valence electrons. The van der Waals surface area contributed by atoms with Crippen molar-refractivity contribution < 1.29 is 9.30 Å². The van der Waals surface area contributed by atoms with Gasteiger partial charge in [-0.25, -0.2) is 0 Å². The van der Waals surface area contributed by atoms with Crippen molar-refractivity contribution in [1.82, 2.24) is 0 Å². The van der Waals surface area contributed by atoms with Crippen molar-refractivity contribution in [3.63, 3.8) is 0 Å². The Labute approximate surface area is 165 Å². The molecule has 4 aromatic rings. The molecule has 3 nitrogen and oxygen atoms in total. The highest BCUT2D eigenvalue weighted by Crippen LogP contribution is 2.30. The number of para-hydroxylation sites is 2. The highest BCUT2D eigenvalue weighted by molar-refractivity contribution is 5.66. The molecule has 0 aliphatic carbocycles. The standard InChI is InChI=1S/C25H22N2O/c1-20-25(28-19-21-11-5-2-6-12-21)24(26-22-13-7-3-8-14-22)17-18-27(20)23-15-9-4-10-16-23/h2-18H,19H2,1H3/p+1. The van der Waals surface area contributed by atoms with Crippen molar-refractivity contribution in [3.05, 3.63) is 115 Å². The summed E-state index contributed by atoms with van der Waals surface area (Å²) in [6, 6.07) is 32.8. The normalized spacial score (nSPS) is 10.5. The van der Waals surface area contributed by atoms with E-state index in [-0.39, 0.29) is 0 Å². The first-order valence-electron chi connectivity index (χ1n) is 9.41. The first-order chi connectivity index (χ1) is 13.8. The molecule has 0 aliphatic rings. The summed E-state index contributed by atoms with van der Waals surface area (Å²) in [5.74, 6) is 0.846. The second-order valence-electron chi connectivity index (χ2n) is 6.61. The minimum absolute atomic E-state index is 0.518. The molecule has 0 fully saturated rings. The highest BCUT2D eigenvalue weighted by atomic mass is 16.5. The highest BCUT2D eigenvalue weighted by Gasteiger charge is 2.20. The fourth-order valence-corrected chi connectivity index (χ4v) is 3.20. The lowest BCUT2D eigenvalue weighted by Crippen LogP contribution is -2.34. The number of pyridine rings is 1. The van der Waals surface area contributed by atoms with Gasteiger partial charge in [-0.3, -0.25) is 0 Å². The maximum absolute atomic E-state index is 6.31. The molecule has 1 N–H and O–H groups in total. The van der Waals surface area contributed by atoms with Gasteiger partial charge >= 0.3 is 0 Å². The molecular formula is C25H23N2O+. The molecule has 0 radical (unpaired) electrons. The van der Waals surface area contributed by atoms with Crippen LogP contribution in [0.4, 0.5) is 11.4 Å². The van der Waals surface area contributed by atoms with E-state index >= 15 is 0 Å². The lowest BCUT2D eigenvalue weighted by atomic mass is 10.2. The van der Waals surface area contributed by atoms with Gasteiger partial charge in [0.2, 0.25) is 17.1 Å². The number of ether oxygens (including phenoxy) is 1. The maximum Gasteiger partial charge on any atom is 0.228 e. The lowest BCUT2D eigenvalue weighted by Gasteiger charge is -2.15. The number of rotatable bonds is 6. The fraction of sp³-hybridized carbons (Fsp3) is 0.0800. The molecule has 28 heavy (non-hydrogen) atoms. The Hall–Kier alpha value is -3.59. The van der Waals surface area contributed by atoms with E-state index in [0.29, 0.717) is 6.61 Å². The number of nitrogens with zero attached hydrogens (tertiary/aromatic N) is 1. The van der Waals surface area contributed by atoms with Crippen LogP contribution in [0.1, 0.15) is 11.3 Å². The summed E-state index contributed by atoms with van der Waals surface area (Å²) >= 11 is 0. The van der Waals surface area contributed by atoms with Gasteiger partial charge in [0.1, 0.15) is 6.61 Å². The van der Waals surface area contributed by atoms with E-state index in [4.69, 9.17) is 4.74 Å². The minimum atomic E-state index is 0.518. The Balaban J connectivity index is 1.71. The fourth-order valence-electron chi connectivity index (χ4n) is 3.20. The number of anilines is 2. The van der Waals surface area contributed by atoms with Gasteiger partial charge in [0.15, 0.2) is 6.20 Å². The summed E-state index contributed by atoms with van der Waals surface area (Å²) in [5.41, 5.74) is 5.28. The van der Waals surface area contributed by atoms with Crippen molar-refractivity contribution in [2.45, 2.75) is 13.5 Å². The van der Waals surface area contributed by atoms with E-state index in [1.807, 2.05) is 54.6 Å². The monoisotopic (exact) mass is 367 g/mol. The summed E-state index contributed by atoms with van der Waals surface area (Å²) in [6.07, 6.45) is 2.07. The van der Waals surface area contributed by atoms with Crippen LogP contribution in [0.15, 0.2) is 103 Å². The van der Waals surface area contributed by atoms with E-state index in [1.165, 1.54) is 0 Å². The molecule has 1 heterocycles. The third-order valence-corrected chi connectivity index (χ3v) is 4.64. The van der Waals surface area contributed by atoms with Gasteiger partial charge in [0, 0.05) is 30.8 Å². The third-order valence-electron chi connectivity index (χ3n) is 4.64. The average molecular weight is 367 g/mol. The number of benzene rings is 3. The number of aromatic nitrogens is 1. The van der Waals surface area contributed by atoms with Crippen LogP contribution in [0.25, 0.3) is 5.69 Å². The van der Waals surface area contributed by atoms with Gasteiger partial charge in [-0.2, -0.15) is 4.57 Å². The van der Waals surface area contributed by atoms with Crippen molar-refractivity contribution in [2.24, 2.45) is 0 Å². The molecule has 0 unspecified atom stereocenters. The summed E-state index contributed by atoms with van der Waals surface area (Å²) in [4.78, 5) is 0. The Morgan fingerprint density at radius 3 is 2.04 bits per heavy atom. The summed E-state index contributed by atoms with van der Waals surface area (Å²) in [6.45, 7) is 2.60. The van der Waals surface area contributed by atoms with Crippen LogP contribution >= 0.6 is 0 Å². The summed E-state index contributed by atoms with van der Waals surface area (Å²) in [7, 11) is 0. The van der Waals surface area contributed by atoms with Crippen LogP contribution in [0.3, 0.4) is 0 Å². The van der Waals surface area contributed by atoms with E-state index in [9.17, 15) is 0 Å². The van der Waals surface area contributed by atoms with Gasteiger partial charge < -0.3 is 10.1 Å². The Kier molecular flexibility index (Phi) is 5.34. The van der Waals surface area contributed by atoms with Crippen LogP contribution in [0.2, 0.25) is 0 Å². The molecule has 0 atom stereocenters. The second kappa shape index (κ2) is 8.40. The van der Waals surface area contributed by atoms with Gasteiger partial charge in [0.05, 0.1) is 5.69 Å². The third kappa shape index (κ3) is 4.04. The molecular weight excluding hydrogens is 344 g/mol. The van der Waals surface area contributed by atoms with Crippen molar-refractivity contribution >= 4 is 11.4 Å². The van der Waals surface area contributed by atoms with Crippen LogP contribution in [-0.4, -0.2) is 0 Å². The van der Waals surface area contributed by atoms with E-state index in [2.05, 4.69) is 65.5 Å². The molecule has 0 bridgehead atoms. The quantitative estimate of drug-likeness (QED) is 0.449. The zero-order valence-corrected chi connectivity index (χ0v) is 15.9. The van der Waals surface area contributed by atoms with Gasteiger partial charge in [-0.1, -0.05) is 66.7 Å². The molecule has 0 amide bonds. The predicted octanol–water partition coefficient (Wildman–Crippen LogP) is 5.59. The second-order valence-corrected chi connectivity index (χ2v) is 6.61. The van der Waals surface area contributed by atoms with Crippen LogP contribution < -0.4 is 14.6 Å². The van der Waals surface area contributed by atoms with E-state index in [1.54, 1.807) is 0 Å². The molecule has 1 aromatic heterocycles. The van der Waals surface area contributed by atoms with Crippen molar-refractivity contribution in [1.29, 1.82) is 0 Å². The molecule has 0 saturated heterocycles. The number of nitrogens with one attached hydrogen (secondary N) is 1. The summed E-state index contributed by atoms with van der Waals surface area (Å²) in [5, 5.41) is 3.49. The SMILES string of the molecule is Cc1c(OCc2ccccc2)c(Nc2ccccc2)cc[n+]1-c1ccccc1. The van der Waals surface area contributed by atoms with Gasteiger partial charge in [-0.05, 0) is 17.7 Å². The molecule has 0 spiro atoms. The molecule has 3 heteroatoms. The lowest BCUT2D eigenvalue weighted by molar-refractivity contribution is -0.603. The maximum atomic E-state index is 6.31.